The Balaban J connectivity index is 0.000000217. The molecule has 10 nitrogen and oxygen atoms in total. The highest BCUT2D eigenvalue weighted by molar-refractivity contribution is 7.35. The molecule has 0 atom stereocenters. The average Bonchev–Trinajstić information content (AvgIpc) is 3.21. The van der Waals surface area contributed by atoms with Crippen molar-refractivity contribution in [1.29, 1.82) is 0 Å². The minimum atomic E-state index is -2.66. The molecule has 0 fully saturated rings. The molecule has 1 N–H and O–H groups in total. The van der Waals surface area contributed by atoms with Gasteiger partial charge in [0.2, 0.25) is 7.38 Å². The number of aryl methyl sites for hydroxylation is 2. The normalized spacial score (nSPS) is 11.7. The van der Waals surface area contributed by atoms with Gasteiger partial charge in [-0.25, -0.2) is 0 Å². The van der Waals surface area contributed by atoms with Gasteiger partial charge in [0, 0.05) is 11.1 Å². The first-order valence-corrected chi connectivity index (χ1v) is 24.1. The average molecular weight is 850 g/mol. The van der Waals surface area contributed by atoms with Crippen LogP contribution in [0, 0.1) is 34.1 Å². The van der Waals surface area contributed by atoms with Gasteiger partial charge < -0.3 is 9.53 Å². The molecule has 308 valence electrons. The van der Waals surface area contributed by atoms with Crippen molar-refractivity contribution in [3.05, 3.63) is 189 Å². The van der Waals surface area contributed by atoms with E-state index in [0.717, 1.165) is 6.20 Å². The second kappa shape index (κ2) is 20.1. The molecule has 0 saturated carbocycles. The number of aromatic nitrogens is 2. The van der Waals surface area contributed by atoms with E-state index >= 15 is 0 Å². The van der Waals surface area contributed by atoms with Crippen molar-refractivity contribution < 1.29 is 19.4 Å². The van der Waals surface area contributed by atoms with Crippen LogP contribution in [0.4, 0.5) is 11.4 Å². The number of nitrogens with zero attached hydrogens (tertiary/aromatic N) is 4. The second-order valence-corrected chi connectivity index (χ2v) is 26.2. The van der Waals surface area contributed by atoms with Crippen molar-refractivity contribution in [2.24, 2.45) is 0 Å². The van der Waals surface area contributed by atoms with Crippen molar-refractivity contribution >= 4 is 58.9 Å². The molecule has 6 aromatic rings. The minimum absolute atomic E-state index is 0.0211. The molecule has 59 heavy (non-hydrogen) atoms. The standard InChI is InChI=1S/C23H26N2O3Si.C16H19ClSi.C7H8N2O3/c1-18-15-19(24-16-22(18)25(26)27)17-28-29(23(2,3)4,20-11-7-5-8-12-20)21-13-9-6-10-14-21;1-16(2,3)18(17,14-10-6-4-7-11-14)15-12-8-5-9-13-15;1-5-2-6(4-10)8-3-7(5)9(11)12/h5-16H,17H2,1-4H3;4-13H,1-3H3;2-3,10H,4H2,1H3. The molecule has 0 amide bonds. The van der Waals surface area contributed by atoms with E-state index in [9.17, 15) is 20.2 Å². The van der Waals surface area contributed by atoms with Gasteiger partial charge in [-0.2, -0.15) is 11.1 Å². The smallest absolute Gasteiger partial charge is 0.290 e. The van der Waals surface area contributed by atoms with Crippen molar-refractivity contribution in [2.45, 2.75) is 78.7 Å². The summed E-state index contributed by atoms with van der Waals surface area (Å²) in [6.45, 7) is 16.8. The molecule has 0 radical (unpaired) electrons. The molecule has 0 bridgehead atoms. The fraction of sp³-hybridized carbons (Fsp3) is 0.261. The third kappa shape index (κ3) is 11.0. The van der Waals surface area contributed by atoms with E-state index < -0.39 is 25.5 Å². The van der Waals surface area contributed by atoms with Gasteiger partial charge >= 0.3 is 0 Å². The minimum Gasteiger partial charge on any atom is -0.402 e. The Morgan fingerprint density at radius 2 is 0.932 bits per heavy atom. The molecule has 0 saturated heterocycles. The van der Waals surface area contributed by atoms with Crippen LogP contribution in [0.5, 0.6) is 0 Å². The number of hydrogen-bond donors (Lipinski definition) is 1. The number of aliphatic hydroxyl groups is 1. The largest absolute Gasteiger partial charge is 0.402 e. The molecular formula is C46H53ClN4O6Si2. The number of pyridine rings is 2. The van der Waals surface area contributed by atoms with Gasteiger partial charge in [-0.1, -0.05) is 163 Å². The summed E-state index contributed by atoms with van der Waals surface area (Å²) >= 11 is 7.21. The summed E-state index contributed by atoms with van der Waals surface area (Å²) in [6, 6.07) is 45.1. The van der Waals surface area contributed by atoms with Crippen molar-refractivity contribution in [3.63, 3.8) is 0 Å². The number of nitro groups is 2. The van der Waals surface area contributed by atoms with Crippen LogP contribution in [0.25, 0.3) is 0 Å². The molecule has 0 unspecified atom stereocenters. The van der Waals surface area contributed by atoms with Gasteiger partial charge in [-0.15, -0.1) is 0 Å². The van der Waals surface area contributed by atoms with Crippen molar-refractivity contribution in [1.82, 2.24) is 9.97 Å². The first-order valence-electron chi connectivity index (χ1n) is 19.2. The number of hydrogen-bond acceptors (Lipinski definition) is 8. The summed E-state index contributed by atoms with van der Waals surface area (Å²) in [5, 5.41) is 35.0. The lowest BCUT2D eigenvalue weighted by Gasteiger charge is -2.43. The van der Waals surface area contributed by atoms with Crippen LogP contribution in [-0.2, 0) is 17.6 Å². The predicted molar refractivity (Wildman–Crippen MR) is 243 cm³/mol. The maximum atomic E-state index is 11.1. The summed E-state index contributed by atoms with van der Waals surface area (Å²) in [5.41, 5.74) is 2.25. The van der Waals surface area contributed by atoms with E-state index in [-0.39, 0.29) is 28.1 Å². The van der Waals surface area contributed by atoms with Crippen LogP contribution in [-0.4, -0.2) is 40.6 Å². The first-order chi connectivity index (χ1) is 27.9. The Bertz CT molecular complexity index is 2210. The Morgan fingerprint density at radius 1 is 0.593 bits per heavy atom. The van der Waals surface area contributed by atoms with Crippen LogP contribution < -0.4 is 20.7 Å². The zero-order valence-corrected chi connectivity index (χ0v) is 37.7. The molecule has 0 aliphatic heterocycles. The van der Waals surface area contributed by atoms with Crippen molar-refractivity contribution in [2.75, 3.05) is 0 Å². The molecule has 0 aliphatic carbocycles. The zero-order valence-electron chi connectivity index (χ0n) is 34.9. The van der Waals surface area contributed by atoms with Crippen LogP contribution in [0.2, 0.25) is 10.1 Å². The number of aliphatic hydroxyl groups excluding tert-OH is 1. The third-order valence-electron chi connectivity index (χ3n) is 10.1. The van der Waals surface area contributed by atoms with Gasteiger partial charge in [-0.05, 0) is 56.8 Å². The molecule has 0 aliphatic rings. The van der Waals surface area contributed by atoms with Crippen LogP contribution in [0.15, 0.2) is 146 Å². The Morgan fingerprint density at radius 3 is 1.24 bits per heavy atom. The van der Waals surface area contributed by atoms with Crippen LogP contribution >= 0.6 is 11.1 Å². The topological polar surface area (TPSA) is 142 Å². The Kier molecular flexibility index (Phi) is 15.7. The fourth-order valence-corrected chi connectivity index (χ4v) is 15.7. The number of benzene rings is 4. The molecule has 4 aromatic carbocycles. The maximum Gasteiger partial charge on any atom is 0.290 e. The molecule has 6 rings (SSSR count). The quantitative estimate of drug-likeness (QED) is 0.0624. The molecular weight excluding hydrogens is 796 g/mol. The summed E-state index contributed by atoms with van der Waals surface area (Å²) in [6.07, 6.45) is 2.47. The lowest BCUT2D eigenvalue weighted by molar-refractivity contribution is -0.385. The highest BCUT2D eigenvalue weighted by atomic mass is 35.6. The Hall–Kier alpha value is -5.38. The fourth-order valence-electron chi connectivity index (χ4n) is 7.07. The predicted octanol–water partition coefficient (Wildman–Crippen LogP) is 8.95. The van der Waals surface area contributed by atoms with E-state index in [1.54, 1.807) is 19.9 Å². The second-order valence-electron chi connectivity index (χ2n) is 16.2. The number of halogens is 1. The van der Waals surface area contributed by atoms with E-state index in [4.69, 9.17) is 20.6 Å². The van der Waals surface area contributed by atoms with Gasteiger partial charge in [0.1, 0.15) is 12.4 Å². The lowest BCUT2D eigenvalue weighted by Crippen LogP contribution is -2.66. The monoisotopic (exact) mass is 848 g/mol. The molecule has 2 heterocycles. The summed E-state index contributed by atoms with van der Waals surface area (Å²) in [5.74, 6) is 0. The van der Waals surface area contributed by atoms with Crippen LogP contribution in [0.3, 0.4) is 0 Å². The summed E-state index contributed by atoms with van der Waals surface area (Å²) in [4.78, 5) is 28.5. The first kappa shape index (κ1) is 46.3. The van der Waals surface area contributed by atoms with E-state index in [0.29, 0.717) is 29.1 Å². The lowest BCUT2D eigenvalue weighted by atomic mass is 10.2. The third-order valence-corrected chi connectivity index (χ3v) is 22.4. The van der Waals surface area contributed by atoms with Gasteiger partial charge in [-0.3, -0.25) is 30.2 Å². The van der Waals surface area contributed by atoms with Gasteiger partial charge in [0.05, 0.1) is 34.4 Å². The number of rotatable bonds is 10. The van der Waals surface area contributed by atoms with E-state index in [1.807, 2.05) is 48.5 Å². The van der Waals surface area contributed by atoms with Crippen molar-refractivity contribution in [3.8, 4) is 0 Å². The van der Waals surface area contributed by atoms with Gasteiger partial charge in [0.25, 0.3) is 19.7 Å². The molecule has 13 heteroatoms. The van der Waals surface area contributed by atoms with Crippen LogP contribution in [0.1, 0.15) is 64.1 Å². The highest BCUT2D eigenvalue weighted by Gasteiger charge is 2.50. The summed E-state index contributed by atoms with van der Waals surface area (Å²) in [7, 11) is -4.89. The molecule has 0 spiro atoms. The highest BCUT2D eigenvalue weighted by Crippen LogP contribution is 2.39. The SMILES string of the molecule is CC(C)(C)[Si](Cl)(c1ccccc1)c1ccccc1.Cc1cc(CO)ncc1[N+](=O)[O-].Cc1cc(CO[Si](c2ccccc2)(c2ccccc2)C(C)(C)C)ncc1[N+](=O)[O-]. The van der Waals surface area contributed by atoms with Gasteiger partial charge in [0.15, 0.2) is 0 Å². The Labute approximate surface area is 354 Å². The zero-order chi connectivity index (χ0) is 43.4. The maximum absolute atomic E-state index is 11.1. The van der Waals surface area contributed by atoms with E-state index in [2.05, 4.69) is 124 Å². The summed E-state index contributed by atoms with van der Waals surface area (Å²) < 4.78 is 6.81. The molecule has 2 aromatic heterocycles. The van der Waals surface area contributed by atoms with E-state index in [1.165, 1.54) is 33.0 Å².